The Labute approximate surface area is 153 Å². The van der Waals surface area contributed by atoms with Gasteiger partial charge in [-0.25, -0.2) is 13.8 Å². The number of rotatable bonds is 3. The van der Waals surface area contributed by atoms with E-state index >= 15 is 0 Å². The second kappa shape index (κ2) is 6.83. The Balaban J connectivity index is 1.76. The molecule has 3 rings (SSSR count). The highest BCUT2D eigenvalue weighted by Gasteiger charge is 2.29. The molecule has 0 saturated heterocycles. The SMILES string of the molecule is CC(C)(C)c1cc(=O)n2c(n1)SCC2CC(=O)Nc1ccc(F)c(F)c1. The number of carbonyl (C=O) groups is 1. The fourth-order valence-corrected chi connectivity index (χ4v) is 3.84. The van der Waals surface area contributed by atoms with E-state index in [0.717, 1.165) is 12.1 Å². The third-order valence-corrected chi connectivity index (χ3v) is 5.18. The average Bonchev–Trinajstić information content (AvgIpc) is 2.93. The molecule has 2 heterocycles. The molecule has 1 atom stereocenters. The summed E-state index contributed by atoms with van der Waals surface area (Å²) in [5, 5.41) is 3.14. The number of hydrogen-bond donors (Lipinski definition) is 1. The van der Waals surface area contributed by atoms with Crippen LogP contribution in [-0.4, -0.2) is 21.2 Å². The van der Waals surface area contributed by atoms with Crippen LogP contribution in [0.25, 0.3) is 0 Å². The lowest BCUT2D eigenvalue weighted by Gasteiger charge is -2.19. The zero-order chi connectivity index (χ0) is 19.1. The zero-order valence-corrected chi connectivity index (χ0v) is 15.5. The minimum absolute atomic E-state index is 0.0510. The van der Waals surface area contributed by atoms with Gasteiger partial charge in [-0.1, -0.05) is 32.5 Å². The van der Waals surface area contributed by atoms with Crippen LogP contribution in [0.15, 0.2) is 34.2 Å². The lowest BCUT2D eigenvalue weighted by molar-refractivity contribution is -0.116. The molecule has 1 aliphatic heterocycles. The van der Waals surface area contributed by atoms with Crippen molar-refractivity contribution >= 4 is 23.4 Å². The summed E-state index contributed by atoms with van der Waals surface area (Å²) in [4.78, 5) is 29.3. The number of nitrogens with zero attached hydrogens (tertiary/aromatic N) is 2. The second-order valence-electron chi connectivity index (χ2n) is 7.23. The van der Waals surface area contributed by atoms with Crippen LogP contribution in [0, 0.1) is 11.6 Å². The van der Waals surface area contributed by atoms with Crippen LogP contribution in [-0.2, 0) is 10.2 Å². The van der Waals surface area contributed by atoms with Crippen LogP contribution in [0.5, 0.6) is 0 Å². The van der Waals surface area contributed by atoms with Gasteiger partial charge in [0.15, 0.2) is 16.8 Å². The van der Waals surface area contributed by atoms with Crippen LogP contribution in [0.4, 0.5) is 14.5 Å². The van der Waals surface area contributed by atoms with Crippen molar-refractivity contribution in [1.82, 2.24) is 9.55 Å². The Morgan fingerprint density at radius 3 is 2.69 bits per heavy atom. The maximum atomic E-state index is 13.2. The largest absolute Gasteiger partial charge is 0.326 e. The predicted molar refractivity (Wildman–Crippen MR) is 96.6 cm³/mol. The molecule has 1 aliphatic rings. The fraction of sp³-hybridized carbons (Fsp3) is 0.389. The molecule has 138 valence electrons. The Kier molecular flexibility index (Phi) is 4.88. The van der Waals surface area contributed by atoms with Crippen LogP contribution in [0.3, 0.4) is 0 Å². The van der Waals surface area contributed by atoms with Gasteiger partial charge < -0.3 is 5.32 Å². The lowest BCUT2D eigenvalue weighted by Crippen LogP contribution is -2.29. The maximum absolute atomic E-state index is 13.2. The van der Waals surface area contributed by atoms with Gasteiger partial charge in [0, 0.05) is 35.4 Å². The number of halogens is 2. The molecule has 1 aromatic heterocycles. The van der Waals surface area contributed by atoms with Gasteiger partial charge >= 0.3 is 0 Å². The first kappa shape index (κ1) is 18.6. The molecule has 2 aromatic rings. The van der Waals surface area contributed by atoms with Crippen molar-refractivity contribution in [1.29, 1.82) is 0 Å². The molecule has 0 aliphatic carbocycles. The third-order valence-electron chi connectivity index (χ3n) is 4.08. The standard InChI is InChI=1S/C18H19F2N3O2S/c1-18(2,3)14-8-16(25)23-11(9-26-17(23)22-14)7-15(24)21-10-4-5-12(19)13(20)6-10/h4-6,8,11H,7,9H2,1-3H3,(H,21,24). The summed E-state index contributed by atoms with van der Waals surface area (Å²) < 4.78 is 27.7. The molecule has 8 heteroatoms. The van der Waals surface area contributed by atoms with Crippen LogP contribution in [0.1, 0.15) is 38.9 Å². The van der Waals surface area contributed by atoms with Crippen LogP contribution in [0.2, 0.25) is 0 Å². The molecule has 1 aromatic carbocycles. The summed E-state index contributed by atoms with van der Waals surface area (Å²) in [6.07, 6.45) is 0.0510. The summed E-state index contributed by atoms with van der Waals surface area (Å²) in [5.74, 6) is -1.82. The van der Waals surface area contributed by atoms with E-state index in [1.54, 1.807) is 0 Å². The first-order valence-corrected chi connectivity index (χ1v) is 9.15. The van der Waals surface area contributed by atoms with Crippen molar-refractivity contribution in [3.05, 3.63) is 51.9 Å². The summed E-state index contributed by atoms with van der Waals surface area (Å²) in [6.45, 7) is 5.95. The Morgan fingerprint density at radius 2 is 2.04 bits per heavy atom. The van der Waals surface area contributed by atoms with E-state index in [1.807, 2.05) is 20.8 Å². The van der Waals surface area contributed by atoms with E-state index in [-0.39, 0.29) is 35.0 Å². The molecule has 1 unspecified atom stereocenters. The maximum Gasteiger partial charge on any atom is 0.254 e. The van der Waals surface area contributed by atoms with Crippen LogP contribution < -0.4 is 10.9 Å². The molecule has 0 spiro atoms. The van der Waals surface area contributed by atoms with Crippen molar-refractivity contribution in [2.45, 2.75) is 43.8 Å². The van der Waals surface area contributed by atoms with Gasteiger partial charge in [-0.15, -0.1) is 0 Å². The molecule has 5 nitrogen and oxygen atoms in total. The first-order valence-electron chi connectivity index (χ1n) is 8.17. The van der Waals surface area contributed by atoms with Gasteiger partial charge in [0.05, 0.1) is 11.7 Å². The average molecular weight is 379 g/mol. The molecule has 0 bridgehead atoms. The molecule has 1 N–H and O–H groups in total. The Hall–Kier alpha value is -2.22. The number of amides is 1. The zero-order valence-electron chi connectivity index (χ0n) is 14.7. The highest BCUT2D eigenvalue weighted by atomic mass is 32.2. The van der Waals surface area contributed by atoms with Gasteiger partial charge in [-0.2, -0.15) is 0 Å². The lowest BCUT2D eigenvalue weighted by atomic mass is 9.92. The van der Waals surface area contributed by atoms with Crippen LogP contribution >= 0.6 is 11.8 Å². The van der Waals surface area contributed by atoms with E-state index in [2.05, 4.69) is 10.3 Å². The van der Waals surface area contributed by atoms with Gasteiger partial charge in [0.2, 0.25) is 5.91 Å². The number of fused-ring (bicyclic) bond motifs is 1. The molecule has 1 amide bonds. The van der Waals surface area contributed by atoms with Gasteiger partial charge in [0.1, 0.15) is 0 Å². The van der Waals surface area contributed by atoms with E-state index in [4.69, 9.17) is 0 Å². The number of thioether (sulfide) groups is 1. The number of nitrogens with one attached hydrogen (secondary N) is 1. The van der Waals surface area contributed by atoms with Crippen molar-refractivity contribution in [2.75, 3.05) is 11.1 Å². The van der Waals surface area contributed by atoms with E-state index in [0.29, 0.717) is 16.6 Å². The number of aromatic nitrogens is 2. The van der Waals surface area contributed by atoms with Gasteiger partial charge in [-0.3, -0.25) is 14.2 Å². The minimum Gasteiger partial charge on any atom is -0.326 e. The van der Waals surface area contributed by atoms with E-state index in [9.17, 15) is 18.4 Å². The third kappa shape index (κ3) is 3.80. The predicted octanol–water partition coefficient (Wildman–Crippen LogP) is 3.49. The molecule has 0 saturated carbocycles. The normalized spacial score (nSPS) is 16.4. The quantitative estimate of drug-likeness (QED) is 0.829. The van der Waals surface area contributed by atoms with E-state index < -0.39 is 11.6 Å². The topological polar surface area (TPSA) is 64.0 Å². The molecular weight excluding hydrogens is 360 g/mol. The summed E-state index contributed by atoms with van der Waals surface area (Å²) in [7, 11) is 0. The van der Waals surface area contributed by atoms with Crippen molar-refractivity contribution in [3.8, 4) is 0 Å². The summed E-state index contributed by atoms with van der Waals surface area (Å²) >= 11 is 1.44. The molecule has 26 heavy (non-hydrogen) atoms. The number of hydrogen-bond acceptors (Lipinski definition) is 4. The van der Waals surface area contributed by atoms with Gasteiger partial charge in [-0.05, 0) is 12.1 Å². The molecular formula is C18H19F2N3O2S. The summed E-state index contributed by atoms with van der Waals surface area (Å²) in [5.41, 5.74) is 0.467. The molecule has 0 fully saturated rings. The number of benzene rings is 1. The monoisotopic (exact) mass is 379 g/mol. The molecule has 0 radical (unpaired) electrons. The first-order chi connectivity index (χ1) is 12.1. The van der Waals surface area contributed by atoms with Gasteiger partial charge in [0.25, 0.3) is 5.56 Å². The minimum atomic E-state index is -1.03. The number of carbonyl (C=O) groups excluding carboxylic acids is 1. The highest BCUT2D eigenvalue weighted by molar-refractivity contribution is 7.99. The van der Waals surface area contributed by atoms with Crippen molar-refractivity contribution < 1.29 is 13.6 Å². The summed E-state index contributed by atoms with van der Waals surface area (Å²) in [6, 6.07) is 4.35. The smallest absolute Gasteiger partial charge is 0.254 e. The van der Waals surface area contributed by atoms with E-state index in [1.165, 1.54) is 28.5 Å². The highest BCUT2D eigenvalue weighted by Crippen LogP contribution is 2.33. The fourth-order valence-electron chi connectivity index (χ4n) is 2.69. The Bertz CT molecular complexity index is 922. The van der Waals surface area contributed by atoms with Crippen molar-refractivity contribution in [2.24, 2.45) is 0 Å². The second-order valence-corrected chi connectivity index (χ2v) is 8.22. The van der Waals surface area contributed by atoms with Crippen molar-refractivity contribution in [3.63, 3.8) is 0 Å². The Morgan fingerprint density at radius 1 is 1.31 bits per heavy atom. The number of anilines is 1.